The summed E-state index contributed by atoms with van der Waals surface area (Å²) in [7, 11) is 0. The standard InChI is InChI=1S/C20H21N5O3/c1-14-18(15(2)28-22-14)11-24-10-17(8-21-24)25-19(26)12-23(20(25)13-27-20)9-16-6-4-3-5-7-16/h3-8,10H,9,11-13H2,1-2H3. The first-order valence-corrected chi connectivity index (χ1v) is 9.27. The highest BCUT2D eigenvalue weighted by Crippen LogP contribution is 2.43. The molecule has 2 aromatic heterocycles. The number of hydrogen-bond acceptors (Lipinski definition) is 6. The zero-order valence-electron chi connectivity index (χ0n) is 15.8. The van der Waals surface area contributed by atoms with E-state index >= 15 is 0 Å². The van der Waals surface area contributed by atoms with Gasteiger partial charge >= 0.3 is 0 Å². The minimum atomic E-state index is -0.691. The van der Waals surface area contributed by atoms with Gasteiger partial charge in [0, 0.05) is 18.3 Å². The molecule has 2 fully saturated rings. The van der Waals surface area contributed by atoms with Crippen molar-refractivity contribution in [3.05, 3.63) is 65.3 Å². The van der Waals surface area contributed by atoms with Crippen LogP contribution in [-0.4, -0.2) is 44.7 Å². The number of benzene rings is 1. The summed E-state index contributed by atoms with van der Waals surface area (Å²) in [5.41, 5.74) is 3.75. The molecule has 2 aliphatic rings. The fourth-order valence-electron chi connectivity index (χ4n) is 3.84. The number of ether oxygens (including phenoxy) is 1. The SMILES string of the molecule is Cc1noc(C)c1Cn1cc(N2C(=O)CN(Cc3ccccc3)C23CO3)cn1. The number of aryl methyl sites for hydroxylation is 2. The second-order valence-electron chi connectivity index (χ2n) is 7.30. The van der Waals surface area contributed by atoms with E-state index in [2.05, 4.69) is 27.3 Å². The summed E-state index contributed by atoms with van der Waals surface area (Å²) in [4.78, 5) is 16.6. The van der Waals surface area contributed by atoms with Crippen LogP contribution in [0.2, 0.25) is 0 Å². The Kier molecular flexibility index (Phi) is 3.85. The molecule has 1 unspecified atom stereocenters. The van der Waals surface area contributed by atoms with Crippen molar-refractivity contribution in [2.24, 2.45) is 0 Å². The third-order valence-electron chi connectivity index (χ3n) is 5.42. The van der Waals surface area contributed by atoms with Crippen LogP contribution in [0.5, 0.6) is 0 Å². The molecule has 1 atom stereocenters. The van der Waals surface area contributed by atoms with Crippen LogP contribution in [0.15, 0.2) is 47.2 Å². The van der Waals surface area contributed by atoms with Gasteiger partial charge in [0.2, 0.25) is 11.8 Å². The lowest BCUT2D eigenvalue weighted by Gasteiger charge is -2.25. The number of carbonyl (C=O) groups excluding carboxylic acids is 1. The van der Waals surface area contributed by atoms with Crippen molar-refractivity contribution in [2.45, 2.75) is 32.8 Å². The Labute approximate surface area is 162 Å². The Morgan fingerprint density at radius 1 is 1.18 bits per heavy atom. The molecular formula is C20H21N5O3. The predicted molar refractivity (Wildman–Crippen MR) is 100 cm³/mol. The summed E-state index contributed by atoms with van der Waals surface area (Å²) in [6.07, 6.45) is 3.59. The summed E-state index contributed by atoms with van der Waals surface area (Å²) < 4.78 is 12.8. The number of rotatable bonds is 5. The lowest BCUT2D eigenvalue weighted by atomic mass is 10.2. The van der Waals surface area contributed by atoms with Crippen LogP contribution in [0.25, 0.3) is 0 Å². The van der Waals surface area contributed by atoms with E-state index in [0.717, 1.165) is 28.3 Å². The van der Waals surface area contributed by atoms with Gasteiger partial charge in [-0.05, 0) is 19.4 Å². The molecule has 0 radical (unpaired) electrons. The summed E-state index contributed by atoms with van der Waals surface area (Å²) >= 11 is 0. The minimum absolute atomic E-state index is 0.0188. The summed E-state index contributed by atoms with van der Waals surface area (Å²) in [6, 6.07) is 10.1. The Bertz CT molecular complexity index is 1000. The van der Waals surface area contributed by atoms with Crippen molar-refractivity contribution in [1.82, 2.24) is 19.8 Å². The van der Waals surface area contributed by atoms with Gasteiger partial charge < -0.3 is 9.26 Å². The Balaban J connectivity index is 1.38. The highest BCUT2D eigenvalue weighted by molar-refractivity contribution is 5.98. The number of anilines is 1. The zero-order chi connectivity index (χ0) is 19.3. The van der Waals surface area contributed by atoms with Gasteiger partial charge in [-0.25, -0.2) is 4.90 Å². The molecule has 144 valence electrons. The smallest absolute Gasteiger partial charge is 0.244 e. The van der Waals surface area contributed by atoms with Crippen molar-refractivity contribution in [3.8, 4) is 0 Å². The summed E-state index contributed by atoms with van der Waals surface area (Å²) in [5.74, 6) is 0.109. The Morgan fingerprint density at radius 2 is 1.96 bits per heavy atom. The van der Waals surface area contributed by atoms with Crippen molar-refractivity contribution in [1.29, 1.82) is 0 Å². The average molecular weight is 379 g/mol. The lowest BCUT2D eigenvalue weighted by molar-refractivity contribution is -0.116. The molecule has 8 heteroatoms. The molecule has 0 aliphatic carbocycles. The number of epoxide rings is 1. The summed E-state index contributed by atoms with van der Waals surface area (Å²) in [5, 5.41) is 8.42. The van der Waals surface area contributed by atoms with E-state index in [-0.39, 0.29) is 5.91 Å². The second-order valence-corrected chi connectivity index (χ2v) is 7.30. The molecule has 1 aromatic carbocycles. The quantitative estimate of drug-likeness (QED) is 0.632. The van der Waals surface area contributed by atoms with Gasteiger partial charge in [-0.3, -0.25) is 14.4 Å². The van der Waals surface area contributed by atoms with Gasteiger partial charge in [0.1, 0.15) is 12.4 Å². The molecular weight excluding hydrogens is 358 g/mol. The number of carbonyl (C=O) groups is 1. The molecule has 0 saturated carbocycles. The van der Waals surface area contributed by atoms with Crippen LogP contribution >= 0.6 is 0 Å². The molecule has 2 saturated heterocycles. The predicted octanol–water partition coefficient (Wildman–Crippen LogP) is 2.07. The first kappa shape index (κ1) is 17.2. The van der Waals surface area contributed by atoms with Crippen LogP contribution in [-0.2, 0) is 22.6 Å². The molecule has 5 rings (SSSR count). The van der Waals surface area contributed by atoms with E-state index in [9.17, 15) is 4.79 Å². The largest absolute Gasteiger partial charge is 0.361 e. The monoisotopic (exact) mass is 379 g/mol. The molecule has 4 heterocycles. The molecule has 1 spiro atoms. The van der Waals surface area contributed by atoms with Gasteiger partial charge in [0.05, 0.1) is 30.7 Å². The Morgan fingerprint density at radius 3 is 2.64 bits per heavy atom. The van der Waals surface area contributed by atoms with Crippen molar-refractivity contribution < 1.29 is 14.1 Å². The molecule has 2 aliphatic heterocycles. The van der Waals surface area contributed by atoms with E-state index < -0.39 is 5.85 Å². The fraction of sp³-hybridized carbons (Fsp3) is 0.350. The maximum atomic E-state index is 12.8. The van der Waals surface area contributed by atoms with E-state index in [0.29, 0.717) is 26.2 Å². The van der Waals surface area contributed by atoms with Crippen LogP contribution in [0.4, 0.5) is 5.69 Å². The topological polar surface area (TPSA) is 79.9 Å². The molecule has 8 nitrogen and oxygen atoms in total. The first-order chi connectivity index (χ1) is 13.6. The van der Waals surface area contributed by atoms with E-state index in [1.165, 1.54) is 0 Å². The minimum Gasteiger partial charge on any atom is -0.361 e. The van der Waals surface area contributed by atoms with Crippen molar-refractivity contribution in [3.63, 3.8) is 0 Å². The number of amides is 1. The first-order valence-electron chi connectivity index (χ1n) is 9.27. The maximum absolute atomic E-state index is 12.8. The molecule has 28 heavy (non-hydrogen) atoms. The van der Waals surface area contributed by atoms with Gasteiger partial charge in [-0.1, -0.05) is 35.5 Å². The molecule has 3 aromatic rings. The number of aromatic nitrogens is 3. The molecule has 0 bridgehead atoms. The number of nitrogens with zero attached hydrogens (tertiary/aromatic N) is 5. The van der Waals surface area contributed by atoms with E-state index in [4.69, 9.17) is 9.26 Å². The number of hydrogen-bond donors (Lipinski definition) is 0. The second kappa shape index (κ2) is 6.29. The highest BCUT2D eigenvalue weighted by Gasteiger charge is 2.63. The fourth-order valence-corrected chi connectivity index (χ4v) is 3.84. The van der Waals surface area contributed by atoms with Gasteiger partial charge in [0.15, 0.2) is 0 Å². The average Bonchev–Trinajstić information content (AvgIpc) is 3.13. The van der Waals surface area contributed by atoms with E-state index in [1.54, 1.807) is 15.8 Å². The van der Waals surface area contributed by atoms with Crippen molar-refractivity contribution >= 4 is 11.6 Å². The Hall–Kier alpha value is -2.97. The highest BCUT2D eigenvalue weighted by atomic mass is 16.6. The van der Waals surface area contributed by atoms with E-state index in [1.807, 2.05) is 38.2 Å². The summed E-state index contributed by atoms with van der Waals surface area (Å²) in [6.45, 7) is 5.83. The lowest BCUT2D eigenvalue weighted by Crippen LogP contribution is -2.43. The van der Waals surface area contributed by atoms with Crippen LogP contribution < -0.4 is 4.90 Å². The van der Waals surface area contributed by atoms with Gasteiger partial charge in [-0.15, -0.1) is 0 Å². The van der Waals surface area contributed by atoms with Crippen molar-refractivity contribution in [2.75, 3.05) is 18.1 Å². The van der Waals surface area contributed by atoms with Crippen LogP contribution in [0, 0.1) is 13.8 Å². The van der Waals surface area contributed by atoms with Crippen LogP contribution in [0.1, 0.15) is 22.6 Å². The van der Waals surface area contributed by atoms with Gasteiger partial charge in [0.25, 0.3) is 0 Å². The third-order valence-corrected chi connectivity index (χ3v) is 5.42. The zero-order valence-corrected chi connectivity index (χ0v) is 15.8. The van der Waals surface area contributed by atoms with Crippen LogP contribution in [0.3, 0.4) is 0 Å². The molecule has 1 amide bonds. The molecule has 0 N–H and O–H groups in total. The third kappa shape index (κ3) is 2.73. The maximum Gasteiger partial charge on any atom is 0.244 e. The normalized spacial score (nSPS) is 21.8. The van der Waals surface area contributed by atoms with Gasteiger partial charge in [-0.2, -0.15) is 5.10 Å².